The van der Waals surface area contributed by atoms with Crippen molar-refractivity contribution in [1.82, 2.24) is 9.55 Å². The number of pyridine rings is 1. The number of rotatable bonds is 2. The van der Waals surface area contributed by atoms with Gasteiger partial charge < -0.3 is 4.57 Å². The average Bonchev–Trinajstić information content (AvgIpc) is 2.59. The summed E-state index contributed by atoms with van der Waals surface area (Å²) in [6.07, 6.45) is 5.55. The highest BCUT2D eigenvalue weighted by atomic mass is 16.1. The minimum Gasteiger partial charge on any atom is -0.356 e. The molecule has 3 nitrogen and oxygen atoms in total. The van der Waals surface area contributed by atoms with Crippen molar-refractivity contribution >= 4 is 5.78 Å². The maximum atomic E-state index is 11.9. The highest BCUT2D eigenvalue weighted by Crippen LogP contribution is 2.26. The van der Waals surface area contributed by atoms with Crippen LogP contribution in [0.25, 0.3) is 11.3 Å². The van der Waals surface area contributed by atoms with Crippen molar-refractivity contribution in [3.05, 3.63) is 30.2 Å². The lowest BCUT2D eigenvalue weighted by Crippen LogP contribution is -2.07. The number of fused-ring (bicyclic) bond motifs is 1. The summed E-state index contributed by atoms with van der Waals surface area (Å²) in [4.78, 5) is 16.1. The van der Waals surface area contributed by atoms with Crippen LogP contribution in [0.1, 0.15) is 24.2 Å². The van der Waals surface area contributed by atoms with Gasteiger partial charge in [-0.25, -0.2) is 0 Å². The van der Waals surface area contributed by atoms with E-state index < -0.39 is 0 Å². The molecular weight excluding hydrogens is 188 g/mol. The molecule has 0 aromatic carbocycles. The molecule has 2 aliphatic heterocycles. The Kier molecular flexibility index (Phi) is 2.31. The zero-order valence-electron chi connectivity index (χ0n) is 9.19. The molecule has 0 atom stereocenters. The first-order valence-electron chi connectivity index (χ1n) is 5.04. The summed E-state index contributed by atoms with van der Waals surface area (Å²) < 4.78 is 1.93. The fraction of sp³-hybridized carbons (Fsp3) is 0.333. The van der Waals surface area contributed by atoms with E-state index in [0.717, 1.165) is 16.8 Å². The van der Waals surface area contributed by atoms with Crippen molar-refractivity contribution in [2.45, 2.75) is 13.8 Å². The fourth-order valence-electron chi connectivity index (χ4n) is 1.62. The third kappa shape index (κ3) is 1.65. The number of hydrogen-bond donors (Lipinski definition) is 0. The van der Waals surface area contributed by atoms with Crippen molar-refractivity contribution in [2.75, 3.05) is 0 Å². The topological polar surface area (TPSA) is 34.9 Å². The van der Waals surface area contributed by atoms with Gasteiger partial charge in [-0.2, -0.15) is 0 Å². The first-order chi connectivity index (χ1) is 7.09. The van der Waals surface area contributed by atoms with Crippen LogP contribution in [0.3, 0.4) is 0 Å². The van der Waals surface area contributed by atoms with Gasteiger partial charge in [0.05, 0.1) is 5.69 Å². The second kappa shape index (κ2) is 3.50. The number of aromatic nitrogens is 2. The predicted molar refractivity (Wildman–Crippen MR) is 59.0 cm³/mol. The van der Waals surface area contributed by atoms with Crippen LogP contribution < -0.4 is 0 Å². The molecular formula is C12H14N2O. The number of carbonyl (C=O) groups excluding carboxylic acids is 1. The summed E-state index contributed by atoms with van der Waals surface area (Å²) in [5.74, 6) is 0.173. The second-order valence-corrected chi connectivity index (χ2v) is 4.10. The highest BCUT2D eigenvalue weighted by molar-refractivity contribution is 6.03. The van der Waals surface area contributed by atoms with E-state index >= 15 is 0 Å². The monoisotopic (exact) mass is 202 g/mol. The Hall–Kier alpha value is -1.64. The number of carbonyl (C=O) groups is 1. The number of aryl methyl sites for hydroxylation is 1. The normalized spacial score (nSPS) is 11.2. The van der Waals surface area contributed by atoms with E-state index in [1.807, 2.05) is 43.9 Å². The molecule has 2 aliphatic rings. The Bertz CT molecular complexity index is 471. The summed E-state index contributed by atoms with van der Waals surface area (Å²) in [5, 5.41) is 0. The van der Waals surface area contributed by atoms with E-state index in [4.69, 9.17) is 0 Å². The van der Waals surface area contributed by atoms with Crippen molar-refractivity contribution in [1.29, 1.82) is 0 Å². The Labute approximate surface area is 89.1 Å². The van der Waals surface area contributed by atoms with Crippen molar-refractivity contribution in [2.24, 2.45) is 13.0 Å². The van der Waals surface area contributed by atoms with Gasteiger partial charge in [-0.3, -0.25) is 9.78 Å². The largest absolute Gasteiger partial charge is 0.356 e. The van der Waals surface area contributed by atoms with Gasteiger partial charge in [-0.05, 0) is 6.07 Å². The molecule has 78 valence electrons. The van der Waals surface area contributed by atoms with Gasteiger partial charge in [0.25, 0.3) is 0 Å². The number of ketones is 1. The highest BCUT2D eigenvalue weighted by Gasteiger charge is 2.19. The van der Waals surface area contributed by atoms with Gasteiger partial charge in [0, 0.05) is 42.7 Å². The minimum atomic E-state index is 0.0166. The van der Waals surface area contributed by atoms with Gasteiger partial charge >= 0.3 is 0 Å². The van der Waals surface area contributed by atoms with Crippen LogP contribution in [0.5, 0.6) is 0 Å². The van der Waals surface area contributed by atoms with Gasteiger partial charge in [0.2, 0.25) is 0 Å². The van der Waals surface area contributed by atoms with Crippen LogP contribution in [0.2, 0.25) is 0 Å². The molecule has 0 radical (unpaired) electrons. The molecule has 2 heterocycles. The molecule has 0 saturated heterocycles. The first kappa shape index (κ1) is 9.90. The maximum absolute atomic E-state index is 11.9. The van der Waals surface area contributed by atoms with Gasteiger partial charge in [0.15, 0.2) is 5.78 Å². The summed E-state index contributed by atoms with van der Waals surface area (Å²) in [6.45, 7) is 3.81. The number of nitrogens with zero attached hydrogens (tertiary/aromatic N) is 2. The van der Waals surface area contributed by atoms with Crippen molar-refractivity contribution in [3.63, 3.8) is 0 Å². The molecule has 0 spiro atoms. The maximum Gasteiger partial charge on any atom is 0.167 e. The van der Waals surface area contributed by atoms with E-state index in [0.29, 0.717) is 0 Å². The molecule has 0 aromatic rings. The molecule has 0 amide bonds. The second-order valence-electron chi connectivity index (χ2n) is 4.10. The molecule has 0 aromatic heterocycles. The standard InChI is InChI=1S/C12H14N2O/c1-8(2)12(15)9-6-13-11-4-5-14(3)7-10(9)11/h4-8H,1-3H3. The summed E-state index contributed by atoms with van der Waals surface area (Å²) in [6, 6.07) is 1.92. The smallest absolute Gasteiger partial charge is 0.167 e. The number of Topliss-reactive ketones (excluding diaryl/α,β-unsaturated/α-hetero) is 1. The summed E-state index contributed by atoms with van der Waals surface area (Å²) >= 11 is 0. The molecule has 0 aliphatic carbocycles. The lowest BCUT2D eigenvalue weighted by Gasteiger charge is -2.06. The molecule has 0 bridgehead atoms. The SMILES string of the molecule is CC(C)C(=O)c1cnc2ccn(C)cc1-2. The van der Waals surface area contributed by atoms with Gasteiger partial charge in [-0.15, -0.1) is 0 Å². The third-order valence-electron chi connectivity index (χ3n) is 2.49. The Morgan fingerprint density at radius 3 is 2.87 bits per heavy atom. The lowest BCUT2D eigenvalue weighted by molar-refractivity contribution is 0.0940. The van der Waals surface area contributed by atoms with Crippen LogP contribution in [0.4, 0.5) is 0 Å². The third-order valence-corrected chi connectivity index (χ3v) is 2.49. The Morgan fingerprint density at radius 2 is 2.20 bits per heavy atom. The Balaban J connectivity index is 2.55. The van der Waals surface area contributed by atoms with E-state index in [1.165, 1.54) is 0 Å². The van der Waals surface area contributed by atoms with E-state index in [2.05, 4.69) is 4.98 Å². The van der Waals surface area contributed by atoms with E-state index in [9.17, 15) is 4.79 Å². The van der Waals surface area contributed by atoms with E-state index in [-0.39, 0.29) is 11.7 Å². The van der Waals surface area contributed by atoms with Crippen LogP contribution in [0.15, 0.2) is 24.7 Å². The van der Waals surface area contributed by atoms with Crippen LogP contribution in [-0.4, -0.2) is 15.3 Å². The van der Waals surface area contributed by atoms with Crippen LogP contribution in [-0.2, 0) is 7.05 Å². The predicted octanol–water partition coefficient (Wildman–Crippen LogP) is 2.36. The zero-order chi connectivity index (χ0) is 11.0. The Morgan fingerprint density at radius 1 is 1.47 bits per heavy atom. The first-order valence-corrected chi connectivity index (χ1v) is 5.04. The molecule has 0 fully saturated rings. The van der Waals surface area contributed by atoms with E-state index in [1.54, 1.807) is 6.20 Å². The van der Waals surface area contributed by atoms with Crippen molar-refractivity contribution < 1.29 is 4.79 Å². The quantitative estimate of drug-likeness (QED) is 0.701. The van der Waals surface area contributed by atoms with Gasteiger partial charge in [-0.1, -0.05) is 13.8 Å². The fourth-order valence-corrected chi connectivity index (χ4v) is 1.62. The zero-order valence-corrected chi connectivity index (χ0v) is 9.19. The molecule has 0 saturated carbocycles. The van der Waals surface area contributed by atoms with Gasteiger partial charge in [0.1, 0.15) is 0 Å². The molecule has 15 heavy (non-hydrogen) atoms. The summed E-state index contributed by atoms with van der Waals surface area (Å²) in [5.41, 5.74) is 2.56. The average molecular weight is 202 g/mol. The van der Waals surface area contributed by atoms with Crippen molar-refractivity contribution in [3.8, 4) is 11.3 Å². The lowest BCUT2D eigenvalue weighted by atomic mass is 9.99. The molecule has 0 unspecified atom stereocenters. The van der Waals surface area contributed by atoms with Crippen LogP contribution in [0, 0.1) is 5.92 Å². The summed E-state index contributed by atoms with van der Waals surface area (Å²) in [7, 11) is 1.94. The molecule has 2 rings (SSSR count). The molecule has 0 N–H and O–H groups in total. The minimum absolute atomic E-state index is 0.0166. The number of hydrogen-bond acceptors (Lipinski definition) is 2. The molecule has 3 heteroatoms. The van der Waals surface area contributed by atoms with Crippen LogP contribution >= 0.6 is 0 Å².